The second-order valence-electron chi connectivity index (χ2n) is 6.01. The Bertz CT molecular complexity index is 303. The highest BCUT2D eigenvalue weighted by atomic mass is 16.5. The van der Waals surface area contributed by atoms with Gasteiger partial charge in [0.1, 0.15) is 0 Å². The molecule has 0 amide bonds. The average molecular weight is 282 g/mol. The first-order valence-corrected chi connectivity index (χ1v) is 8.03. The largest absolute Gasteiger partial charge is 0.379 e. The van der Waals surface area contributed by atoms with E-state index in [2.05, 4.69) is 27.4 Å². The second kappa shape index (κ2) is 7.84. The first-order valence-electron chi connectivity index (χ1n) is 8.03. The van der Waals surface area contributed by atoms with Gasteiger partial charge < -0.3 is 15.4 Å². The van der Waals surface area contributed by atoms with E-state index in [9.17, 15) is 0 Å². The monoisotopic (exact) mass is 282 g/mol. The van der Waals surface area contributed by atoms with Crippen molar-refractivity contribution in [3.8, 4) is 0 Å². The van der Waals surface area contributed by atoms with Crippen LogP contribution in [0, 0.1) is 5.41 Å². The predicted octanol–water partition coefficient (Wildman–Crippen LogP) is 1.06. The molecule has 1 saturated carbocycles. The molecule has 1 heterocycles. The molecule has 2 N–H and O–H groups in total. The number of nitrogens with zero attached hydrogens (tertiary/aromatic N) is 2. The van der Waals surface area contributed by atoms with Gasteiger partial charge in [-0.25, -0.2) is 0 Å². The Kier molecular flexibility index (Phi) is 6.10. The van der Waals surface area contributed by atoms with Crippen LogP contribution in [0.25, 0.3) is 0 Å². The van der Waals surface area contributed by atoms with Crippen molar-refractivity contribution >= 4 is 5.96 Å². The van der Waals surface area contributed by atoms with Crippen molar-refractivity contribution in [2.45, 2.75) is 32.6 Å². The molecule has 5 heteroatoms. The first-order chi connectivity index (χ1) is 9.78. The molecule has 2 rings (SSSR count). The van der Waals surface area contributed by atoms with Crippen LogP contribution in [-0.4, -0.2) is 63.8 Å². The van der Waals surface area contributed by atoms with Crippen molar-refractivity contribution in [1.82, 2.24) is 15.5 Å². The topological polar surface area (TPSA) is 48.9 Å². The van der Waals surface area contributed by atoms with Gasteiger partial charge in [-0.1, -0.05) is 13.3 Å². The van der Waals surface area contributed by atoms with Crippen molar-refractivity contribution in [3.63, 3.8) is 0 Å². The van der Waals surface area contributed by atoms with Gasteiger partial charge in [0, 0.05) is 39.8 Å². The summed E-state index contributed by atoms with van der Waals surface area (Å²) in [6, 6.07) is 0. The van der Waals surface area contributed by atoms with Gasteiger partial charge in [-0.15, -0.1) is 0 Å². The highest BCUT2D eigenvalue weighted by Crippen LogP contribution is 2.42. The van der Waals surface area contributed by atoms with Crippen LogP contribution < -0.4 is 10.6 Å². The summed E-state index contributed by atoms with van der Waals surface area (Å²) in [6.45, 7) is 9.19. The molecule has 20 heavy (non-hydrogen) atoms. The maximum Gasteiger partial charge on any atom is 0.191 e. The number of nitrogens with one attached hydrogen (secondary N) is 2. The van der Waals surface area contributed by atoms with E-state index < -0.39 is 0 Å². The Morgan fingerprint density at radius 3 is 2.55 bits per heavy atom. The van der Waals surface area contributed by atoms with Crippen LogP contribution in [0.5, 0.6) is 0 Å². The fourth-order valence-corrected chi connectivity index (χ4v) is 2.98. The van der Waals surface area contributed by atoms with E-state index in [-0.39, 0.29) is 0 Å². The summed E-state index contributed by atoms with van der Waals surface area (Å²) in [6.07, 6.45) is 5.38. The minimum absolute atomic E-state index is 0.530. The molecule has 1 aliphatic heterocycles. The third-order valence-electron chi connectivity index (χ3n) is 4.84. The number of hydrogen-bond acceptors (Lipinski definition) is 3. The minimum atomic E-state index is 0.530. The summed E-state index contributed by atoms with van der Waals surface area (Å²) in [7, 11) is 1.85. The zero-order valence-electron chi connectivity index (χ0n) is 13.1. The number of rotatable bonds is 6. The van der Waals surface area contributed by atoms with Crippen molar-refractivity contribution in [1.29, 1.82) is 0 Å². The highest BCUT2D eigenvalue weighted by molar-refractivity contribution is 5.79. The van der Waals surface area contributed by atoms with E-state index in [4.69, 9.17) is 4.74 Å². The summed E-state index contributed by atoms with van der Waals surface area (Å²) in [5, 5.41) is 6.91. The molecule has 0 spiro atoms. The van der Waals surface area contributed by atoms with Crippen LogP contribution in [0.1, 0.15) is 32.6 Å². The van der Waals surface area contributed by atoms with Gasteiger partial charge in [-0.2, -0.15) is 0 Å². The molecule has 1 aliphatic carbocycles. The quantitative estimate of drug-likeness (QED) is 0.565. The van der Waals surface area contributed by atoms with Crippen LogP contribution in [0.15, 0.2) is 4.99 Å². The van der Waals surface area contributed by atoms with Gasteiger partial charge >= 0.3 is 0 Å². The lowest BCUT2D eigenvalue weighted by Crippen LogP contribution is -2.48. The first kappa shape index (κ1) is 15.6. The van der Waals surface area contributed by atoms with E-state index in [1.807, 2.05) is 7.05 Å². The zero-order valence-corrected chi connectivity index (χ0v) is 13.1. The lowest BCUT2D eigenvalue weighted by atomic mass is 9.67. The zero-order chi connectivity index (χ0) is 14.3. The number of morpholine rings is 1. The number of ether oxygens (including phenoxy) is 1. The van der Waals surface area contributed by atoms with Crippen molar-refractivity contribution in [2.75, 3.05) is 53.0 Å². The molecule has 2 fully saturated rings. The third kappa shape index (κ3) is 4.35. The Hall–Kier alpha value is -0.810. The van der Waals surface area contributed by atoms with E-state index in [1.165, 1.54) is 25.7 Å². The van der Waals surface area contributed by atoms with Crippen molar-refractivity contribution in [2.24, 2.45) is 10.4 Å². The fourth-order valence-electron chi connectivity index (χ4n) is 2.98. The number of hydrogen-bond donors (Lipinski definition) is 2. The molecule has 0 unspecified atom stereocenters. The molecule has 0 radical (unpaired) electrons. The molecular formula is C15H30N4O. The van der Waals surface area contributed by atoms with Crippen molar-refractivity contribution in [3.05, 3.63) is 0 Å². The Morgan fingerprint density at radius 1 is 1.25 bits per heavy atom. The van der Waals surface area contributed by atoms with Crippen molar-refractivity contribution < 1.29 is 4.74 Å². The lowest BCUT2D eigenvalue weighted by Gasteiger charge is -2.41. The average Bonchev–Trinajstić information content (AvgIpc) is 2.45. The highest BCUT2D eigenvalue weighted by Gasteiger charge is 2.34. The van der Waals surface area contributed by atoms with Crippen LogP contribution in [0.2, 0.25) is 0 Å². The van der Waals surface area contributed by atoms with Gasteiger partial charge in [-0.3, -0.25) is 9.89 Å². The molecule has 5 nitrogen and oxygen atoms in total. The predicted molar refractivity (Wildman–Crippen MR) is 83.2 cm³/mol. The summed E-state index contributed by atoms with van der Waals surface area (Å²) >= 11 is 0. The smallest absolute Gasteiger partial charge is 0.191 e. The Balaban J connectivity index is 1.62. The molecule has 0 atom stereocenters. The van der Waals surface area contributed by atoms with Gasteiger partial charge in [0.25, 0.3) is 0 Å². The molecule has 116 valence electrons. The van der Waals surface area contributed by atoms with Crippen LogP contribution >= 0.6 is 0 Å². The molecule has 0 bridgehead atoms. The van der Waals surface area contributed by atoms with Gasteiger partial charge in [-0.05, 0) is 24.7 Å². The molecule has 0 aromatic rings. The SMILES string of the molecule is CCC1(CNC(=NC)NCCN2CCOCC2)CCC1. The molecule has 1 saturated heterocycles. The summed E-state index contributed by atoms with van der Waals surface area (Å²) in [4.78, 5) is 6.75. The van der Waals surface area contributed by atoms with E-state index in [0.29, 0.717) is 5.41 Å². The van der Waals surface area contributed by atoms with Gasteiger partial charge in [0.2, 0.25) is 0 Å². The molecule has 0 aromatic heterocycles. The lowest BCUT2D eigenvalue weighted by molar-refractivity contribution is 0.0389. The minimum Gasteiger partial charge on any atom is -0.379 e. The second-order valence-corrected chi connectivity index (χ2v) is 6.01. The third-order valence-corrected chi connectivity index (χ3v) is 4.84. The maximum absolute atomic E-state index is 5.36. The fraction of sp³-hybridized carbons (Fsp3) is 0.933. The van der Waals surface area contributed by atoms with E-state index in [0.717, 1.165) is 51.9 Å². The van der Waals surface area contributed by atoms with Gasteiger partial charge in [0.15, 0.2) is 5.96 Å². The van der Waals surface area contributed by atoms with E-state index >= 15 is 0 Å². The van der Waals surface area contributed by atoms with E-state index in [1.54, 1.807) is 0 Å². The normalized spacial score (nSPS) is 23.2. The summed E-state index contributed by atoms with van der Waals surface area (Å²) < 4.78 is 5.36. The molecule has 0 aromatic carbocycles. The molecule has 2 aliphatic rings. The molecular weight excluding hydrogens is 252 g/mol. The van der Waals surface area contributed by atoms with Gasteiger partial charge in [0.05, 0.1) is 13.2 Å². The maximum atomic E-state index is 5.36. The van der Waals surface area contributed by atoms with Crippen LogP contribution in [-0.2, 0) is 4.74 Å². The van der Waals surface area contributed by atoms with Crippen LogP contribution in [0.3, 0.4) is 0 Å². The summed E-state index contributed by atoms with van der Waals surface area (Å²) in [5.41, 5.74) is 0.530. The van der Waals surface area contributed by atoms with Crippen LogP contribution in [0.4, 0.5) is 0 Å². The summed E-state index contributed by atoms with van der Waals surface area (Å²) in [5.74, 6) is 0.943. The Morgan fingerprint density at radius 2 is 2.00 bits per heavy atom. The standard InChI is InChI=1S/C15H30N4O/c1-3-15(5-4-6-15)13-18-14(16-2)17-7-8-19-9-11-20-12-10-19/h3-13H2,1-2H3,(H2,16,17,18). The number of guanidine groups is 1. The number of aliphatic imine (C=N–C) groups is 1. The Labute approximate surface area is 123 Å².